The van der Waals surface area contributed by atoms with Crippen LogP contribution < -0.4 is 0 Å². The summed E-state index contributed by atoms with van der Waals surface area (Å²) in [5, 5.41) is 0. The summed E-state index contributed by atoms with van der Waals surface area (Å²) in [4.78, 5) is 0. The van der Waals surface area contributed by atoms with Crippen molar-refractivity contribution in [3.63, 3.8) is 0 Å². The monoisotopic (exact) mass is 300 g/mol. The molecular formula is C17H32O4. The summed E-state index contributed by atoms with van der Waals surface area (Å²) in [6.45, 7) is 16.5. The zero-order valence-electron chi connectivity index (χ0n) is 14.7. The minimum Gasteiger partial charge on any atom is -0.349 e. The van der Waals surface area contributed by atoms with Gasteiger partial charge in [0, 0.05) is 26.4 Å². The van der Waals surface area contributed by atoms with Gasteiger partial charge in [0.2, 0.25) is 0 Å². The van der Waals surface area contributed by atoms with Crippen molar-refractivity contribution >= 4 is 0 Å². The van der Waals surface area contributed by atoms with Crippen molar-refractivity contribution in [1.29, 1.82) is 0 Å². The first-order valence-corrected chi connectivity index (χ1v) is 7.83. The van der Waals surface area contributed by atoms with E-state index in [4.69, 9.17) is 18.9 Å². The van der Waals surface area contributed by atoms with Gasteiger partial charge in [-0.15, -0.1) is 0 Å². The zero-order chi connectivity index (χ0) is 16.3. The van der Waals surface area contributed by atoms with E-state index in [-0.39, 0.29) is 12.6 Å². The van der Waals surface area contributed by atoms with Gasteiger partial charge in [0.15, 0.2) is 12.6 Å². The van der Waals surface area contributed by atoms with Crippen LogP contribution in [0.15, 0.2) is 22.8 Å². The van der Waals surface area contributed by atoms with Crippen molar-refractivity contribution in [1.82, 2.24) is 0 Å². The van der Waals surface area contributed by atoms with Gasteiger partial charge >= 0.3 is 0 Å². The molecule has 0 fully saturated rings. The van der Waals surface area contributed by atoms with E-state index in [1.165, 1.54) is 0 Å². The van der Waals surface area contributed by atoms with E-state index in [2.05, 4.69) is 13.0 Å². The highest BCUT2D eigenvalue weighted by Crippen LogP contribution is 2.18. The minimum atomic E-state index is -0.291. The standard InChI is InChI=1S/C17H32O4/c1-8-18-16(19-9-2)14(6)12-13(5)15(7)17(20-10-3)21-11-4/h12,16-17H,8-11H2,1-7H3. The summed E-state index contributed by atoms with van der Waals surface area (Å²) < 4.78 is 22.5. The molecule has 0 aromatic carbocycles. The first-order chi connectivity index (χ1) is 10.0. The molecular weight excluding hydrogens is 268 g/mol. The first kappa shape index (κ1) is 20.3. The molecule has 0 unspecified atom stereocenters. The smallest absolute Gasteiger partial charge is 0.180 e. The normalized spacial score (nSPS) is 14.0. The molecule has 0 amide bonds. The third-order valence-corrected chi connectivity index (χ3v) is 3.06. The SMILES string of the molecule is CCOC(OCC)C(C)=CC(C)=C(C)C(OCC)OCC. The van der Waals surface area contributed by atoms with Crippen molar-refractivity contribution in [2.75, 3.05) is 26.4 Å². The molecule has 4 nitrogen and oxygen atoms in total. The van der Waals surface area contributed by atoms with Crippen molar-refractivity contribution in [2.24, 2.45) is 0 Å². The van der Waals surface area contributed by atoms with Gasteiger partial charge in [-0.3, -0.25) is 0 Å². The lowest BCUT2D eigenvalue weighted by molar-refractivity contribution is -0.112. The Kier molecular flexibility index (Phi) is 11.5. The number of allylic oxidation sites excluding steroid dienone is 2. The maximum atomic E-state index is 5.63. The van der Waals surface area contributed by atoms with Gasteiger partial charge in [0.25, 0.3) is 0 Å². The second-order valence-electron chi connectivity index (χ2n) is 4.74. The summed E-state index contributed by atoms with van der Waals surface area (Å²) in [6, 6.07) is 0. The first-order valence-electron chi connectivity index (χ1n) is 7.83. The lowest BCUT2D eigenvalue weighted by Gasteiger charge is -2.21. The fourth-order valence-corrected chi connectivity index (χ4v) is 1.92. The molecule has 0 aromatic heterocycles. The fraction of sp³-hybridized carbons (Fsp3) is 0.765. The predicted molar refractivity (Wildman–Crippen MR) is 86.2 cm³/mol. The summed E-state index contributed by atoms with van der Waals surface area (Å²) >= 11 is 0. The molecule has 4 heteroatoms. The maximum Gasteiger partial charge on any atom is 0.180 e. The average Bonchev–Trinajstić information content (AvgIpc) is 2.45. The molecule has 0 aliphatic rings. The molecule has 0 bridgehead atoms. The Hall–Kier alpha value is -0.680. The van der Waals surface area contributed by atoms with Crippen LogP contribution >= 0.6 is 0 Å². The molecule has 0 aromatic rings. The molecule has 0 N–H and O–H groups in total. The van der Waals surface area contributed by atoms with Gasteiger partial charge in [-0.1, -0.05) is 6.08 Å². The highest BCUT2D eigenvalue weighted by molar-refractivity contribution is 5.28. The third kappa shape index (κ3) is 7.77. The topological polar surface area (TPSA) is 36.9 Å². The summed E-state index contributed by atoms with van der Waals surface area (Å²) in [5.74, 6) is 0. The molecule has 21 heavy (non-hydrogen) atoms. The lowest BCUT2D eigenvalue weighted by Crippen LogP contribution is -2.20. The van der Waals surface area contributed by atoms with Crippen LogP contribution in [0.3, 0.4) is 0 Å². The molecule has 0 aliphatic heterocycles. The van der Waals surface area contributed by atoms with Crippen LogP contribution in [0, 0.1) is 0 Å². The van der Waals surface area contributed by atoms with E-state index in [0.717, 1.165) is 16.7 Å². The predicted octanol–water partition coefficient (Wildman–Crippen LogP) is 4.07. The van der Waals surface area contributed by atoms with Crippen LogP contribution in [0.25, 0.3) is 0 Å². The quantitative estimate of drug-likeness (QED) is 0.426. The average molecular weight is 300 g/mol. The fourth-order valence-electron chi connectivity index (χ4n) is 1.92. The Morgan fingerprint density at radius 2 is 1.10 bits per heavy atom. The van der Waals surface area contributed by atoms with Gasteiger partial charge in [-0.25, -0.2) is 0 Å². The largest absolute Gasteiger partial charge is 0.349 e. The zero-order valence-corrected chi connectivity index (χ0v) is 14.7. The van der Waals surface area contributed by atoms with Crippen molar-refractivity contribution in [2.45, 2.75) is 61.0 Å². The molecule has 124 valence electrons. The molecule has 0 aliphatic carbocycles. The van der Waals surface area contributed by atoms with Crippen molar-refractivity contribution < 1.29 is 18.9 Å². The van der Waals surface area contributed by atoms with Gasteiger partial charge in [0.1, 0.15) is 0 Å². The van der Waals surface area contributed by atoms with Crippen molar-refractivity contribution in [3.05, 3.63) is 22.8 Å². The van der Waals surface area contributed by atoms with E-state index in [1.54, 1.807) is 0 Å². The highest BCUT2D eigenvalue weighted by Gasteiger charge is 2.14. The van der Waals surface area contributed by atoms with Gasteiger partial charge in [0.05, 0.1) is 0 Å². The van der Waals surface area contributed by atoms with Gasteiger partial charge < -0.3 is 18.9 Å². The van der Waals surface area contributed by atoms with E-state index in [0.29, 0.717) is 26.4 Å². The van der Waals surface area contributed by atoms with E-state index < -0.39 is 0 Å². The molecule has 0 rings (SSSR count). The van der Waals surface area contributed by atoms with Gasteiger partial charge in [-0.05, 0) is 65.2 Å². The number of rotatable bonds is 11. The summed E-state index contributed by atoms with van der Waals surface area (Å²) in [5.41, 5.74) is 3.23. The number of hydrogen-bond acceptors (Lipinski definition) is 4. The van der Waals surface area contributed by atoms with Crippen LogP contribution in [0.1, 0.15) is 48.5 Å². The van der Waals surface area contributed by atoms with Crippen LogP contribution in [0.4, 0.5) is 0 Å². The minimum absolute atomic E-state index is 0.290. The van der Waals surface area contributed by atoms with E-state index in [9.17, 15) is 0 Å². The molecule has 0 saturated heterocycles. The second-order valence-corrected chi connectivity index (χ2v) is 4.74. The number of hydrogen-bond donors (Lipinski definition) is 0. The second kappa shape index (κ2) is 11.9. The Labute approximate surface area is 130 Å². The van der Waals surface area contributed by atoms with Crippen LogP contribution in [0.5, 0.6) is 0 Å². The number of ether oxygens (including phenoxy) is 4. The Morgan fingerprint density at radius 1 is 0.714 bits per heavy atom. The van der Waals surface area contributed by atoms with E-state index in [1.807, 2.05) is 41.5 Å². The molecule has 0 radical (unpaired) electrons. The summed E-state index contributed by atoms with van der Waals surface area (Å²) in [7, 11) is 0. The lowest BCUT2D eigenvalue weighted by atomic mass is 10.1. The Bertz CT molecular complexity index is 322. The Morgan fingerprint density at radius 3 is 1.48 bits per heavy atom. The molecule has 0 spiro atoms. The molecule has 0 saturated carbocycles. The van der Waals surface area contributed by atoms with Crippen LogP contribution in [-0.4, -0.2) is 39.0 Å². The van der Waals surface area contributed by atoms with Gasteiger partial charge in [-0.2, -0.15) is 0 Å². The summed E-state index contributed by atoms with van der Waals surface area (Å²) in [6.07, 6.45) is 1.50. The maximum absolute atomic E-state index is 5.63. The third-order valence-electron chi connectivity index (χ3n) is 3.06. The van der Waals surface area contributed by atoms with Crippen molar-refractivity contribution in [3.8, 4) is 0 Å². The van der Waals surface area contributed by atoms with E-state index >= 15 is 0 Å². The highest BCUT2D eigenvalue weighted by atomic mass is 16.7. The van der Waals surface area contributed by atoms with Crippen LogP contribution in [0.2, 0.25) is 0 Å². The molecule has 0 heterocycles. The van der Waals surface area contributed by atoms with Crippen LogP contribution in [-0.2, 0) is 18.9 Å². The Balaban J connectivity index is 5.10. The molecule has 0 atom stereocenters.